The van der Waals surface area contributed by atoms with E-state index in [-0.39, 0.29) is 18.2 Å². The summed E-state index contributed by atoms with van der Waals surface area (Å²) in [7, 11) is 3.49. The molecule has 1 amide bonds. The topological polar surface area (TPSA) is 42.0 Å². The van der Waals surface area contributed by atoms with Crippen molar-refractivity contribution in [2.75, 3.05) is 27.2 Å². The number of ether oxygens (including phenoxy) is 2. The normalized spacial score (nSPS) is 24.8. The van der Waals surface area contributed by atoms with Gasteiger partial charge in [-0.25, -0.2) is 4.79 Å². The monoisotopic (exact) mass is 272 g/mol. The molecule has 2 unspecified atom stereocenters. The second-order valence-corrected chi connectivity index (χ2v) is 6.48. The minimum absolute atomic E-state index is 0.0416. The van der Waals surface area contributed by atoms with E-state index < -0.39 is 5.60 Å². The number of nitrogens with zero attached hydrogens (tertiary/aromatic N) is 2. The Balaban J connectivity index is 2.69. The van der Waals surface area contributed by atoms with Gasteiger partial charge in [-0.1, -0.05) is 0 Å². The third kappa shape index (κ3) is 4.35. The van der Waals surface area contributed by atoms with E-state index in [0.717, 1.165) is 13.1 Å². The van der Waals surface area contributed by atoms with Crippen LogP contribution in [-0.4, -0.2) is 66.9 Å². The molecule has 0 aromatic rings. The SMILES string of the molecule is COC1CN(C(C)C)CC1N(C)C(=O)OC(C)(C)C. The highest BCUT2D eigenvalue weighted by atomic mass is 16.6. The van der Waals surface area contributed by atoms with E-state index in [1.165, 1.54) is 0 Å². The van der Waals surface area contributed by atoms with Crippen LogP contribution in [0, 0.1) is 0 Å². The Morgan fingerprint density at radius 1 is 1.32 bits per heavy atom. The van der Waals surface area contributed by atoms with Crippen molar-refractivity contribution in [3.05, 3.63) is 0 Å². The molecule has 5 heteroatoms. The van der Waals surface area contributed by atoms with E-state index >= 15 is 0 Å². The number of carbonyl (C=O) groups is 1. The van der Waals surface area contributed by atoms with Crippen molar-refractivity contribution in [3.8, 4) is 0 Å². The number of likely N-dealkylation sites (tertiary alicyclic amines) is 1. The zero-order valence-corrected chi connectivity index (χ0v) is 13.3. The van der Waals surface area contributed by atoms with Gasteiger partial charge in [0, 0.05) is 33.3 Å². The molecule has 0 radical (unpaired) electrons. The number of amides is 1. The lowest BCUT2D eigenvalue weighted by Gasteiger charge is -2.30. The molecule has 0 spiro atoms. The molecule has 0 saturated carbocycles. The van der Waals surface area contributed by atoms with Gasteiger partial charge in [0.25, 0.3) is 0 Å². The number of methoxy groups -OCH3 is 1. The third-order valence-electron chi connectivity index (χ3n) is 3.48. The quantitative estimate of drug-likeness (QED) is 0.787. The summed E-state index contributed by atoms with van der Waals surface area (Å²) in [6, 6.07) is 0.497. The first-order valence-electron chi connectivity index (χ1n) is 6.88. The molecule has 0 aliphatic carbocycles. The molecule has 2 atom stereocenters. The third-order valence-corrected chi connectivity index (χ3v) is 3.48. The zero-order chi connectivity index (χ0) is 14.8. The maximum absolute atomic E-state index is 12.1. The minimum atomic E-state index is -0.468. The molecule has 1 fully saturated rings. The van der Waals surface area contributed by atoms with Crippen LogP contribution < -0.4 is 0 Å². The summed E-state index contributed by atoms with van der Waals surface area (Å²) in [5.41, 5.74) is -0.468. The Labute approximate surface area is 116 Å². The maximum Gasteiger partial charge on any atom is 0.410 e. The highest BCUT2D eigenvalue weighted by Crippen LogP contribution is 2.21. The van der Waals surface area contributed by atoms with Crippen LogP contribution in [0.2, 0.25) is 0 Å². The van der Waals surface area contributed by atoms with Gasteiger partial charge in [0.15, 0.2) is 0 Å². The minimum Gasteiger partial charge on any atom is -0.444 e. The van der Waals surface area contributed by atoms with E-state index in [2.05, 4.69) is 18.7 Å². The van der Waals surface area contributed by atoms with Crippen molar-refractivity contribution in [3.63, 3.8) is 0 Å². The Bertz CT molecular complexity index is 312. The van der Waals surface area contributed by atoms with E-state index in [4.69, 9.17) is 9.47 Å². The van der Waals surface area contributed by atoms with Crippen molar-refractivity contribution in [2.24, 2.45) is 0 Å². The van der Waals surface area contributed by atoms with E-state index in [1.807, 2.05) is 20.8 Å². The predicted molar refractivity (Wildman–Crippen MR) is 75.3 cm³/mol. The van der Waals surface area contributed by atoms with Crippen LogP contribution >= 0.6 is 0 Å². The van der Waals surface area contributed by atoms with Crippen LogP contribution in [0.4, 0.5) is 4.79 Å². The summed E-state index contributed by atoms with van der Waals surface area (Å²) in [6.07, 6.45) is -0.245. The van der Waals surface area contributed by atoms with E-state index in [1.54, 1.807) is 19.1 Å². The summed E-state index contributed by atoms with van der Waals surface area (Å²) < 4.78 is 10.9. The number of rotatable bonds is 3. The average molecular weight is 272 g/mol. The van der Waals surface area contributed by atoms with E-state index in [9.17, 15) is 4.79 Å². The molecule has 5 nitrogen and oxygen atoms in total. The van der Waals surface area contributed by atoms with Crippen molar-refractivity contribution < 1.29 is 14.3 Å². The van der Waals surface area contributed by atoms with Crippen molar-refractivity contribution in [2.45, 2.75) is 58.4 Å². The van der Waals surface area contributed by atoms with Crippen molar-refractivity contribution >= 4 is 6.09 Å². The number of hydrogen-bond donors (Lipinski definition) is 0. The fourth-order valence-corrected chi connectivity index (χ4v) is 2.28. The van der Waals surface area contributed by atoms with Gasteiger partial charge >= 0.3 is 6.09 Å². The molecule has 112 valence electrons. The lowest BCUT2D eigenvalue weighted by molar-refractivity contribution is 0.00378. The van der Waals surface area contributed by atoms with Gasteiger partial charge in [-0.05, 0) is 34.6 Å². The van der Waals surface area contributed by atoms with Gasteiger partial charge < -0.3 is 14.4 Å². The average Bonchev–Trinajstić information content (AvgIpc) is 2.69. The zero-order valence-electron chi connectivity index (χ0n) is 13.3. The first-order chi connectivity index (χ1) is 8.65. The standard InChI is InChI=1S/C14H28N2O3/c1-10(2)16-8-11(12(9-16)18-7)15(6)13(17)19-14(3,4)5/h10-12H,8-9H2,1-7H3. The molecule has 1 aliphatic heterocycles. The molecule has 1 aliphatic rings. The fraction of sp³-hybridized carbons (Fsp3) is 0.929. The number of carbonyl (C=O) groups excluding carboxylic acids is 1. The Kier molecular flexibility index (Phi) is 5.21. The maximum atomic E-state index is 12.1. The van der Waals surface area contributed by atoms with E-state index in [0.29, 0.717) is 6.04 Å². The summed E-state index contributed by atoms with van der Waals surface area (Å²) in [4.78, 5) is 16.1. The predicted octanol–water partition coefficient (Wildman–Crippen LogP) is 1.96. The summed E-state index contributed by atoms with van der Waals surface area (Å²) in [5.74, 6) is 0. The van der Waals surface area contributed by atoms with Crippen LogP contribution in [0.5, 0.6) is 0 Å². The molecular formula is C14H28N2O3. The molecule has 1 saturated heterocycles. The van der Waals surface area contributed by atoms with Gasteiger partial charge in [-0.3, -0.25) is 4.90 Å². The summed E-state index contributed by atoms with van der Waals surface area (Å²) in [6.45, 7) is 11.6. The second-order valence-electron chi connectivity index (χ2n) is 6.48. The molecule has 1 rings (SSSR count). The van der Waals surface area contributed by atoms with Gasteiger partial charge in [0.1, 0.15) is 5.60 Å². The molecule has 0 aromatic heterocycles. The number of likely N-dealkylation sites (N-methyl/N-ethyl adjacent to an activating group) is 1. The fourth-order valence-electron chi connectivity index (χ4n) is 2.28. The molecule has 19 heavy (non-hydrogen) atoms. The van der Waals surface area contributed by atoms with Crippen LogP contribution in [0.3, 0.4) is 0 Å². The molecule has 0 aromatic carbocycles. The van der Waals surface area contributed by atoms with Crippen LogP contribution in [0.1, 0.15) is 34.6 Å². The van der Waals surface area contributed by atoms with Crippen LogP contribution in [0.15, 0.2) is 0 Å². The van der Waals surface area contributed by atoms with Crippen LogP contribution in [-0.2, 0) is 9.47 Å². The first-order valence-corrected chi connectivity index (χ1v) is 6.88. The molecule has 1 heterocycles. The molecular weight excluding hydrogens is 244 g/mol. The highest BCUT2D eigenvalue weighted by molar-refractivity contribution is 5.68. The number of hydrogen-bond acceptors (Lipinski definition) is 4. The summed E-state index contributed by atoms with van der Waals surface area (Å²) in [5, 5.41) is 0. The Morgan fingerprint density at radius 3 is 2.32 bits per heavy atom. The largest absolute Gasteiger partial charge is 0.444 e. The summed E-state index contributed by atoms with van der Waals surface area (Å²) >= 11 is 0. The highest BCUT2D eigenvalue weighted by Gasteiger charge is 2.39. The molecule has 0 bridgehead atoms. The molecule has 0 N–H and O–H groups in total. The van der Waals surface area contributed by atoms with Gasteiger partial charge in [-0.15, -0.1) is 0 Å². The first kappa shape index (κ1) is 16.2. The lowest BCUT2D eigenvalue weighted by atomic mass is 10.2. The smallest absolute Gasteiger partial charge is 0.410 e. The second kappa shape index (κ2) is 6.09. The van der Waals surface area contributed by atoms with Crippen molar-refractivity contribution in [1.29, 1.82) is 0 Å². The van der Waals surface area contributed by atoms with Gasteiger partial charge in [0.2, 0.25) is 0 Å². The van der Waals surface area contributed by atoms with Gasteiger partial charge in [0.05, 0.1) is 12.1 Å². The Hall–Kier alpha value is -0.810. The van der Waals surface area contributed by atoms with Gasteiger partial charge in [-0.2, -0.15) is 0 Å². The Morgan fingerprint density at radius 2 is 1.89 bits per heavy atom. The van der Waals surface area contributed by atoms with Crippen molar-refractivity contribution in [1.82, 2.24) is 9.80 Å². The van der Waals surface area contributed by atoms with Crippen LogP contribution in [0.25, 0.3) is 0 Å². The lowest BCUT2D eigenvalue weighted by Crippen LogP contribution is -2.47.